The van der Waals surface area contributed by atoms with Crippen molar-refractivity contribution in [1.82, 2.24) is 4.90 Å². The second kappa shape index (κ2) is 6.42. The number of amides is 1. The van der Waals surface area contributed by atoms with Crippen LogP contribution in [0.25, 0.3) is 10.8 Å². The summed E-state index contributed by atoms with van der Waals surface area (Å²) in [4.78, 5) is 14.0. The molecule has 0 saturated heterocycles. The number of rotatable bonds is 5. The van der Waals surface area contributed by atoms with E-state index in [-0.39, 0.29) is 5.91 Å². The van der Waals surface area contributed by atoms with Gasteiger partial charge < -0.3 is 9.64 Å². The van der Waals surface area contributed by atoms with Crippen LogP contribution in [0, 0.1) is 0 Å². The maximum Gasteiger partial charge on any atom is 0.226 e. The fourth-order valence-corrected chi connectivity index (χ4v) is 2.37. The molecule has 1 amide bonds. The topological polar surface area (TPSA) is 29.5 Å². The lowest BCUT2D eigenvalue weighted by Crippen LogP contribution is -2.31. The molecule has 0 radical (unpaired) electrons. The minimum Gasteiger partial charge on any atom is -0.497 e. The highest BCUT2D eigenvalue weighted by Crippen LogP contribution is 2.22. The van der Waals surface area contributed by atoms with Gasteiger partial charge in [-0.3, -0.25) is 4.79 Å². The number of hydrogen-bond acceptors (Lipinski definition) is 2. The van der Waals surface area contributed by atoms with Gasteiger partial charge in [0.05, 0.1) is 13.5 Å². The molecule has 0 N–H and O–H groups in total. The fourth-order valence-electron chi connectivity index (χ4n) is 2.37. The van der Waals surface area contributed by atoms with Gasteiger partial charge in [0.25, 0.3) is 0 Å². The van der Waals surface area contributed by atoms with E-state index in [4.69, 9.17) is 4.74 Å². The molecule has 0 aromatic heterocycles. The standard InChI is InChI=1S/C17H21NO2/c1-4-18(5-2)17(19)11-13-6-7-15-12-16(20-3)9-8-14(15)10-13/h6-10,12H,4-5,11H2,1-3H3. The first-order valence-corrected chi connectivity index (χ1v) is 7.02. The van der Waals surface area contributed by atoms with Gasteiger partial charge in [0.15, 0.2) is 0 Å². The molecule has 0 aliphatic heterocycles. The zero-order valence-electron chi connectivity index (χ0n) is 12.3. The van der Waals surface area contributed by atoms with Crippen molar-refractivity contribution in [3.8, 4) is 5.75 Å². The quantitative estimate of drug-likeness (QED) is 0.835. The van der Waals surface area contributed by atoms with E-state index in [2.05, 4.69) is 6.07 Å². The van der Waals surface area contributed by atoms with Crippen molar-refractivity contribution in [2.75, 3.05) is 20.2 Å². The van der Waals surface area contributed by atoms with Gasteiger partial charge in [0, 0.05) is 13.1 Å². The molecule has 0 aliphatic carbocycles. The molecule has 2 rings (SSSR count). The van der Waals surface area contributed by atoms with Crippen molar-refractivity contribution in [2.24, 2.45) is 0 Å². The lowest BCUT2D eigenvalue weighted by atomic mass is 10.0. The number of carbonyl (C=O) groups is 1. The second-order valence-electron chi connectivity index (χ2n) is 4.79. The molecular weight excluding hydrogens is 250 g/mol. The Morgan fingerprint density at radius 1 is 1.05 bits per heavy atom. The maximum atomic E-state index is 12.1. The molecular formula is C17H21NO2. The molecule has 0 fully saturated rings. The van der Waals surface area contributed by atoms with Gasteiger partial charge in [0.1, 0.15) is 5.75 Å². The van der Waals surface area contributed by atoms with Crippen LogP contribution in [0.15, 0.2) is 36.4 Å². The molecule has 2 aromatic carbocycles. The maximum absolute atomic E-state index is 12.1. The first kappa shape index (κ1) is 14.4. The van der Waals surface area contributed by atoms with E-state index >= 15 is 0 Å². The molecule has 106 valence electrons. The zero-order chi connectivity index (χ0) is 14.5. The Bertz CT molecular complexity index is 603. The van der Waals surface area contributed by atoms with Crippen LogP contribution in [-0.4, -0.2) is 31.0 Å². The number of benzene rings is 2. The summed E-state index contributed by atoms with van der Waals surface area (Å²) in [7, 11) is 1.66. The first-order chi connectivity index (χ1) is 9.67. The van der Waals surface area contributed by atoms with E-state index in [9.17, 15) is 4.79 Å². The molecule has 3 nitrogen and oxygen atoms in total. The van der Waals surface area contributed by atoms with Gasteiger partial charge in [-0.05, 0) is 42.3 Å². The lowest BCUT2D eigenvalue weighted by Gasteiger charge is -2.18. The number of methoxy groups -OCH3 is 1. The molecule has 0 heterocycles. The molecule has 0 spiro atoms. The average molecular weight is 271 g/mol. The average Bonchev–Trinajstić information content (AvgIpc) is 2.48. The van der Waals surface area contributed by atoms with Crippen molar-refractivity contribution < 1.29 is 9.53 Å². The summed E-state index contributed by atoms with van der Waals surface area (Å²) < 4.78 is 5.22. The molecule has 2 aromatic rings. The number of nitrogens with zero attached hydrogens (tertiary/aromatic N) is 1. The predicted molar refractivity (Wildman–Crippen MR) is 82.1 cm³/mol. The van der Waals surface area contributed by atoms with Crippen molar-refractivity contribution in [1.29, 1.82) is 0 Å². The summed E-state index contributed by atoms with van der Waals surface area (Å²) in [5.74, 6) is 1.03. The van der Waals surface area contributed by atoms with E-state index in [1.54, 1.807) is 7.11 Å². The van der Waals surface area contributed by atoms with Crippen LogP contribution in [0.1, 0.15) is 19.4 Å². The third kappa shape index (κ3) is 3.10. The highest BCUT2D eigenvalue weighted by molar-refractivity contribution is 5.86. The number of fused-ring (bicyclic) bond motifs is 1. The first-order valence-electron chi connectivity index (χ1n) is 7.02. The summed E-state index contributed by atoms with van der Waals surface area (Å²) in [6, 6.07) is 12.1. The second-order valence-corrected chi connectivity index (χ2v) is 4.79. The van der Waals surface area contributed by atoms with Gasteiger partial charge in [-0.1, -0.05) is 24.3 Å². The van der Waals surface area contributed by atoms with Crippen LogP contribution in [0.3, 0.4) is 0 Å². The van der Waals surface area contributed by atoms with Crippen molar-refractivity contribution in [3.63, 3.8) is 0 Å². The van der Waals surface area contributed by atoms with Crippen LogP contribution in [0.4, 0.5) is 0 Å². The minimum atomic E-state index is 0.183. The molecule has 3 heteroatoms. The van der Waals surface area contributed by atoms with Crippen LogP contribution in [0.5, 0.6) is 5.75 Å². The monoisotopic (exact) mass is 271 g/mol. The van der Waals surface area contributed by atoms with Gasteiger partial charge in [-0.25, -0.2) is 0 Å². The highest BCUT2D eigenvalue weighted by Gasteiger charge is 2.10. The fraction of sp³-hybridized carbons (Fsp3) is 0.353. The number of carbonyl (C=O) groups excluding carboxylic acids is 1. The van der Waals surface area contributed by atoms with E-state index in [1.165, 1.54) is 0 Å². The number of hydrogen-bond donors (Lipinski definition) is 0. The summed E-state index contributed by atoms with van der Waals surface area (Å²) in [5, 5.41) is 2.26. The van der Waals surface area contributed by atoms with Gasteiger partial charge in [0.2, 0.25) is 5.91 Å². The molecule has 0 unspecified atom stereocenters. The lowest BCUT2D eigenvalue weighted by molar-refractivity contribution is -0.130. The Labute approximate surface area is 120 Å². The van der Waals surface area contributed by atoms with E-state index in [0.29, 0.717) is 6.42 Å². The molecule has 0 aliphatic rings. The number of ether oxygens (including phenoxy) is 1. The third-order valence-electron chi connectivity index (χ3n) is 3.58. The minimum absolute atomic E-state index is 0.183. The molecule has 0 bridgehead atoms. The molecule has 0 atom stereocenters. The van der Waals surface area contributed by atoms with Crippen molar-refractivity contribution in [2.45, 2.75) is 20.3 Å². The van der Waals surface area contributed by atoms with Gasteiger partial charge in [-0.15, -0.1) is 0 Å². The van der Waals surface area contributed by atoms with Gasteiger partial charge in [-0.2, -0.15) is 0 Å². The molecule has 20 heavy (non-hydrogen) atoms. The normalized spacial score (nSPS) is 10.6. The highest BCUT2D eigenvalue weighted by atomic mass is 16.5. The summed E-state index contributed by atoms with van der Waals surface area (Å²) in [6.07, 6.45) is 0.462. The van der Waals surface area contributed by atoms with Crippen LogP contribution < -0.4 is 4.74 Å². The summed E-state index contributed by atoms with van der Waals surface area (Å²) in [6.45, 7) is 5.54. The van der Waals surface area contributed by atoms with E-state index in [0.717, 1.165) is 35.2 Å². The van der Waals surface area contributed by atoms with Crippen LogP contribution >= 0.6 is 0 Å². The Balaban J connectivity index is 2.22. The van der Waals surface area contributed by atoms with Crippen molar-refractivity contribution >= 4 is 16.7 Å². The Morgan fingerprint density at radius 3 is 2.35 bits per heavy atom. The molecule has 0 saturated carbocycles. The Hall–Kier alpha value is -2.03. The Kier molecular flexibility index (Phi) is 4.61. The van der Waals surface area contributed by atoms with Crippen molar-refractivity contribution in [3.05, 3.63) is 42.0 Å². The van der Waals surface area contributed by atoms with E-state index < -0.39 is 0 Å². The van der Waals surface area contributed by atoms with E-state index in [1.807, 2.05) is 49.1 Å². The zero-order valence-corrected chi connectivity index (χ0v) is 12.3. The predicted octanol–water partition coefficient (Wildman–Crippen LogP) is 3.26. The van der Waals surface area contributed by atoms with Crippen LogP contribution in [-0.2, 0) is 11.2 Å². The van der Waals surface area contributed by atoms with Gasteiger partial charge >= 0.3 is 0 Å². The SMILES string of the molecule is CCN(CC)C(=O)Cc1ccc2cc(OC)ccc2c1. The Morgan fingerprint density at radius 2 is 1.70 bits per heavy atom. The largest absolute Gasteiger partial charge is 0.497 e. The summed E-state index contributed by atoms with van der Waals surface area (Å²) >= 11 is 0. The number of likely N-dealkylation sites (N-methyl/N-ethyl adjacent to an activating group) is 1. The van der Waals surface area contributed by atoms with Crippen LogP contribution in [0.2, 0.25) is 0 Å². The third-order valence-corrected chi connectivity index (χ3v) is 3.58. The smallest absolute Gasteiger partial charge is 0.226 e. The summed E-state index contributed by atoms with van der Waals surface area (Å²) in [5.41, 5.74) is 1.06.